The van der Waals surface area contributed by atoms with E-state index in [1.165, 1.54) is 6.07 Å². The van der Waals surface area contributed by atoms with Crippen LogP contribution in [0.4, 0.5) is 0 Å². The van der Waals surface area contributed by atoms with E-state index in [9.17, 15) is 24.9 Å². The highest BCUT2D eigenvalue weighted by molar-refractivity contribution is 6.02. The summed E-state index contributed by atoms with van der Waals surface area (Å²) < 4.78 is 6.34. The summed E-state index contributed by atoms with van der Waals surface area (Å²) in [6, 6.07) is 12.0. The molecular formula is C33H38O6. The predicted molar refractivity (Wildman–Crippen MR) is 151 cm³/mol. The zero-order chi connectivity index (χ0) is 28.3. The van der Waals surface area contributed by atoms with Gasteiger partial charge in [0.15, 0.2) is 5.60 Å². The third-order valence-electron chi connectivity index (χ3n) is 7.64. The summed E-state index contributed by atoms with van der Waals surface area (Å²) in [4.78, 5) is 26.1. The first-order valence-electron chi connectivity index (χ1n) is 14.0. The minimum Gasteiger partial charge on any atom is -0.507 e. The maximum absolute atomic E-state index is 13.5. The average molecular weight is 531 g/mol. The van der Waals surface area contributed by atoms with Crippen molar-refractivity contribution in [3.05, 3.63) is 92.5 Å². The first kappa shape index (κ1) is 28.2. The monoisotopic (exact) mass is 530 g/mol. The lowest BCUT2D eigenvalue weighted by Gasteiger charge is -2.35. The van der Waals surface area contributed by atoms with Crippen molar-refractivity contribution in [3.8, 4) is 11.5 Å². The van der Waals surface area contributed by atoms with Gasteiger partial charge in [0.2, 0.25) is 0 Å². The molecule has 0 bridgehead atoms. The van der Waals surface area contributed by atoms with Crippen molar-refractivity contribution in [1.82, 2.24) is 0 Å². The van der Waals surface area contributed by atoms with Crippen molar-refractivity contribution in [1.29, 1.82) is 0 Å². The number of esters is 1. The van der Waals surface area contributed by atoms with Crippen molar-refractivity contribution in [2.45, 2.75) is 84.7 Å². The highest BCUT2D eigenvalue weighted by Crippen LogP contribution is 2.53. The van der Waals surface area contributed by atoms with Crippen LogP contribution in [0.3, 0.4) is 0 Å². The molecule has 3 aromatic rings. The quantitative estimate of drug-likeness (QED) is 0.229. The minimum atomic E-state index is -1.65. The van der Waals surface area contributed by atoms with Crippen LogP contribution in [0.15, 0.2) is 42.5 Å². The molecule has 1 aliphatic rings. The molecule has 0 aliphatic carbocycles. The molecular weight excluding hydrogens is 492 g/mol. The number of hydrogen-bond acceptors (Lipinski definition) is 5. The lowest BCUT2D eigenvalue weighted by atomic mass is 9.72. The Bertz CT molecular complexity index is 1340. The zero-order valence-corrected chi connectivity index (χ0v) is 23.3. The van der Waals surface area contributed by atoms with Crippen LogP contribution >= 0.6 is 0 Å². The maximum Gasteiger partial charge on any atom is 0.340 e. The number of benzene rings is 3. The molecule has 4 rings (SSSR count). The molecule has 3 N–H and O–H groups in total. The van der Waals surface area contributed by atoms with Crippen molar-refractivity contribution < 1.29 is 29.6 Å². The Morgan fingerprint density at radius 3 is 1.67 bits per heavy atom. The Kier molecular flexibility index (Phi) is 8.34. The van der Waals surface area contributed by atoms with Crippen LogP contribution in [0, 0.1) is 0 Å². The highest BCUT2D eigenvalue weighted by atomic mass is 16.6. The van der Waals surface area contributed by atoms with Gasteiger partial charge in [-0.2, -0.15) is 0 Å². The molecule has 0 saturated carbocycles. The number of carbonyl (C=O) groups is 2. The van der Waals surface area contributed by atoms with Gasteiger partial charge in [0.1, 0.15) is 11.5 Å². The van der Waals surface area contributed by atoms with Gasteiger partial charge in [-0.15, -0.1) is 0 Å². The predicted octanol–water partition coefficient (Wildman–Crippen LogP) is 7.07. The van der Waals surface area contributed by atoms with Crippen LogP contribution in [-0.4, -0.2) is 27.3 Å². The molecule has 6 nitrogen and oxygen atoms in total. The number of aromatic hydroxyl groups is 2. The van der Waals surface area contributed by atoms with Gasteiger partial charge in [-0.1, -0.05) is 83.7 Å². The topological polar surface area (TPSA) is 104 Å². The number of rotatable bonds is 11. The second-order valence-corrected chi connectivity index (χ2v) is 10.3. The summed E-state index contributed by atoms with van der Waals surface area (Å²) in [6.45, 7) is 8.10. The number of aryl methyl sites for hydroxylation is 2. The number of fused-ring (bicyclic) bond motifs is 1. The van der Waals surface area contributed by atoms with Gasteiger partial charge in [0.25, 0.3) is 0 Å². The van der Waals surface area contributed by atoms with E-state index in [2.05, 4.69) is 0 Å². The number of carboxylic acids is 1. The number of phenolic OH excluding ortho intramolecular Hbond substituents is 2. The van der Waals surface area contributed by atoms with E-state index in [4.69, 9.17) is 4.74 Å². The molecule has 0 amide bonds. The fourth-order valence-corrected chi connectivity index (χ4v) is 6.03. The number of aromatic carboxylic acids is 1. The van der Waals surface area contributed by atoms with Gasteiger partial charge in [-0.25, -0.2) is 9.59 Å². The van der Waals surface area contributed by atoms with Crippen molar-refractivity contribution in [2.24, 2.45) is 0 Å². The Morgan fingerprint density at radius 2 is 1.23 bits per heavy atom. The van der Waals surface area contributed by atoms with E-state index in [-0.39, 0.29) is 28.2 Å². The van der Waals surface area contributed by atoms with Gasteiger partial charge in [0, 0.05) is 27.8 Å². The molecule has 0 unspecified atom stereocenters. The van der Waals surface area contributed by atoms with E-state index in [1.54, 1.807) is 12.1 Å². The lowest BCUT2D eigenvalue weighted by molar-refractivity contribution is 0.0239. The largest absolute Gasteiger partial charge is 0.507 e. The van der Waals surface area contributed by atoms with Crippen molar-refractivity contribution in [3.63, 3.8) is 0 Å². The van der Waals surface area contributed by atoms with Gasteiger partial charge in [-0.3, -0.25) is 0 Å². The summed E-state index contributed by atoms with van der Waals surface area (Å²) in [5.41, 5.74) is 2.63. The van der Waals surface area contributed by atoms with Crippen LogP contribution in [0.2, 0.25) is 0 Å². The first-order chi connectivity index (χ1) is 18.8. The fraction of sp³-hybridized carbons (Fsp3) is 0.394. The van der Waals surface area contributed by atoms with Crippen LogP contribution in [-0.2, 0) is 36.0 Å². The molecule has 3 aromatic carbocycles. The smallest absolute Gasteiger partial charge is 0.340 e. The molecule has 0 spiro atoms. The molecule has 0 fully saturated rings. The van der Waals surface area contributed by atoms with E-state index in [0.717, 1.165) is 36.8 Å². The lowest BCUT2D eigenvalue weighted by Crippen LogP contribution is -2.34. The zero-order valence-electron chi connectivity index (χ0n) is 23.3. The number of ether oxygens (including phenoxy) is 1. The van der Waals surface area contributed by atoms with Gasteiger partial charge >= 0.3 is 11.9 Å². The maximum atomic E-state index is 13.5. The number of hydrogen-bond donors (Lipinski definition) is 3. The van der Waals surface area contributed by atoms with E-state index in [1.807, 2.05) is 52.0 Å². The third kappa shape index (κ3) is 4.66. The highest BCUT2D eigenvalue weighted by Gasteiger charge is 2.53. The summed E-state index contributed by atoms with van der Waals surface area (Å²) in [5, 5.41) is 33.2. The van der Waals surface area contributed by atoms with E-state index in [0.29, 0.717) is 47.9 Å². The van der Waals surface area contributed by atoms with E-state index >= 15 is 0 Å². The summed E-state index contributed by atoms with van der Waals surface area (Å²) in [5.74, 6) is -1.51. The molecule has 39 heavy (non-hydrogen) atoms. The van der Waals surface area contributed by atoms with Crippen LogP contribution in [0.1, 0.15) is 113 Å². The fourth-order valence-electron chi connectivity index (χ4n) is 6.03. The average Bonchev–Trinajstić information content (AvgIpc) is 3.22. The van der Waals surface area contributed by atoms with Crippen LogP contribution < -0.4 is 0 Å². The second kappa shape index (κ2) is 11.5. The SMILES string of the molecule is CCCc1ccc(C2(c3ccc(CCC)c(O)c3CCC)OC(=O)c3cccc(C(=O)O)c32)c(CCC)c1O. The van der Waals surface area contributed by atoms with Gasteiger partial charge in [-0.05, 0) is 48.9 Å². The molecule has 1 aliphatic heterocycles. The summed E-state index contributed by atoms with van der Waals surface area (Å²) >= 11 is 0. The van der Waals surface area contributed by atoms with Gasteiger partial charge in [0.05, 0.1) is 11.1 Å². The molecule has 0 saturated heterocycles. The Balaban J connectivity index is 2.21. The number of carboxylic acid groups (broad SMARTS) is 1. The molecule has 0 radical (unpaired) electrons. The second-order valence-electron chi connectivity index (χ2n) is 10.3. The van der Waals surface area contributed by atoms with Crippen LogP contribution in [0.5, 0.6) is 11.5 Å². The molecule has 206 valence electrons. The molecule has 1 heterocycles. The van der Waals surface area contributed by atoms with Crippen molar-refractivity contribution in [2.75, 3.05) is 0 Å². The normalized spacial score (nSPS) is 13.8. The first-order valence-corrected chi connectivity index (χ1v) is 14.0. The third-order valence-corrected chi connectivity index (χ3v) is 7.64. The Morgan fingerprint density at radius 1 is 0.744 bits per heavy atom. The Labute approximate surface area is 230 Å². The number of cyclic esters (lactones) is 1. The standard InChI is InChI=1S/C33H38O6/c1-5-10-20-16-18-26(22(12-7-3)29(20)34)33(27-19-17-21(11-6-2)30(35)23(27)13-8-4)28-24(31(36)37)14-9-15-25(28)32(38)39-33/h9,14-19,34-35H,5-8,10-13H2,1-4H3,(H,36,37). The van der Waals surface area contributed by atoms with Crippen molar-refractivity contribution >= 4 is 11.9 Å². The van der Waals surface area contributed by atoms with E-state index < -0.39 is 17.5 Å². The number of carbonyl (C=O) groups excluding carboxylic acids is 1. The Hall–Kier alpha value is -3.80. The minimum absolute atomic E-state index is 0.0440. The summed E-state index contributed by atoms with van der Waals surface area (Å²) in [6.07, 6.45) is 5.50. The molecule has 0 atom stereocenters. The molecule has 0 aromatic heterocycles. The summed E-state index contributed by atoms with van der Waals surface area (Å²) in [7, 11) is 0. The van der Waals surface area contributed by atoms with Gasteiger partial charge < -0.3 is 20.1 Å². The van der Waals surface area contributed by atoms with Crippen LogP contribution in [0.25, 0.3) is 0 Å². The molecule has 6 heteroatoms. The number of phenols is 2.